The molecule has 29 heavy (non-hydrogen) atoms. The highest BCUT2D eigenvalue weighted by atomic mass is 35.5. The minimum Gasteiger partial charge on any atom is -0.469 e. The number of hydrogen-bond acceptors (Lipinski definition) is 6. The first-order chi connectivity index (χ1) is 13.9. The molecule has 1 aromatic rings. The molecular weight excluding hydrogens is 422 g/mol. The molecule has 0 aliphatic carbocycles. The van der Waals surface area contributed by atoms with Crippen molar-refractivity contribution in [3.05, 3.63) is 35.9 Å². The van der Waals surface area contributed by atoms with Gasteiger partial charge in [0.1, 0.15) is 19.3 Å². The van der Waals surface area contributed by atoms with E-state index in [2.05, 4.69) is 0 Å². The van der Waals surface area contributed by atoms with Crippen LogP contribution in [0.2, 0.25) is 0 Å². The van der Waals surface area contributed by atoms with Gasteiger partial charge in [0, 0.05) is 6.54 Å². The number of amides is 3. The predicted octanol–water partition coefficient (Wildman–Crippen LogP) is 2.43. The summed E-state index contributed by atoms with van der Waals surface area (Å²) >= 11 is 10.7. The van der Waals surface area contributed by atoms with Crippen molar-refractivity contribution >= 4 is 46.4 Å². The molecular formula is C18H20ClN3O6S. The first-order valence-corrected chi connectivity index (χ1v) is 9.80. The number of halogens is 1. The van der Waals surface area contributed by atoms with Gasteiger partial charge < -0.3 is 9.84 Å². The largest absolute Gasteiger partial charge is 0.469 e. The van der Waals surface area contributed by atoms with E-state index in [0.717, 1.165) is 15.5 Å². The lowest BCUT2D eigenvalue weighted by molar-refractivity contribution is -0.162. The second-order valence-corrected chi connectivity index (χ2v) is 7.30. The minimum absolute atomic E-state index is 0.0474. The number of hydroxylamine groups is 2. The van der Waals surface area contributed by atoms with Crippen molar-refractivity contribution in [3.8, 4) is 0 Å². The summed E-state index contributed by atoms with van der Waals surface area (Å²) in [6, 6.07) is 7.65. The molecule has 0 saturated carbocycles. The summed E-state index contributed by atoms with van der Waals surface area (Å²) in [7, 11) is 0. The molecule has 0 unspecified atom stereocenters. The normalized spacial score (nSPS) is 21.6. The van der Waals surface area contributed by atoms with E-state index in [1.54, 1.807) is 0 Å². The molecule has 2 atom stereocenters. The number of rotatable bonds is 5. The van der Waals surface area contributed by atoms with Crippen molar-refractivity contribution in [2.24, 2.45) is 0 Å². The van der Waals surface area contributed by atoms with Crippen LogP contribution in [-0.4, -0.2) is 74.3 Å². The van der Waals surface area contributed by atoms with Gasteiger partial charge in [-0.1, -0.05) is 30.3 Å². The van der Waals surface area contributed by atoms with E-state index in [0.29, 0.717) is 6.42 Å². The van der Waals surface area contributed by atoms with Gasteiger partial charge in [0.25, 0.3) is 11.1 Å². The first-order valence-electron chi connectivity index (χ1n) is 9.01. The third kappa shape index (κ3) is 4.95. The van der Waals surface area contributed by atoms with E-state index < -0.39 is 29.5 Å². The number of hydrogen-bond donors (Lipinski definition) is 1. The van der Waals surface area contributed by atoms with Crippen LogP contribution in [0, 0.1) is 0 Å². The van der Waals surface area contributed by atoms with Crippen LogP contribution >= 0.6 is 23.8 Å². The third-order valence-corrected chi connectivity index (χ3v) is 5.34. The van der Waals surface area contributed by atoms with Gasteiger partial charge >= 0.3 is 11.5 Å². The van der Waals surface area contributed by atoms with E-state index >= 15 is 0 Å². The fraction of sp³-hybridized carbons (Fsp3) is 0.444. The van der Waals surface area contributed by atoms with E-state index in [4.69, 9.17) is 33.4 Å². The van der Waals surface area contributed by atoms with Gasteiger partial charge in [-0.25, -0.2) is 9.86 Å². The maximum Gasteiger partial charge on any atom is 0.408 e. The maximum absolute atomic E-state index is 12.8. The SMILES string of the molecule is O=C([C@@H]1CC[C@@H](N(OCc2ccccc2)C(=O)Cl)CN1C(=O)O)N1CCOC1=S. The molecule has 2 aliphatic rings. The molecule has 0 bridgehead atoms. The summed E-state index contributed by atoms with van der Waals surface area (Å²) in [5.74, 6) is -0.428. The maximum atomic E-state index is 12.8. The molecule has 2 heterocycles. The van der Waals surface area contributed by atoms with Crippen molar-refractivity contribution in [1.82, 2.24) is 14.9 Å². The molecule has 1 aromatic carbocycles. The average Bonchev–Trinajstić information content (AvgIpc) is 3.14. The van der Waals surface area contributed by atoms with Gasteiger partial charge in [0.2, 0.25) is 0 Å². The van der Waals surface area contributed by atoms with Crippen molar-refractivity contribution < 1.29 is 29.1 Å². The van der Waals surface area contributed by atoms with E-state index in [9.17, 15) is 19.5 Å². The minimum atomic E-state index is -1.27. The van der Waals surface area contributed by atoms with Gasteiger partial charge in [-0.3, -0.25) is 24.2 Å². The van der Waals surface area contributed by atoms with Gasteiger partial charge in [-0.05, 0) is 42.2 Å². The summed E-state index contributed by atoms with van der Waals surface area (Å²) in [4.78, 5) is 44.3. The van der Waals surface area contributed by atoms with E-state index in [1.807, 2.05) is 30.3 Å². The number of piperidine rings is 1. The Labute approximate surface area is 177 Å². The zero-order valence-electron chi connectivity index (χ0n) is 15.4. The molecule has 2 saturated heterocycles. The van der Waals surface area contributed by atoms with E-state index in [-0.39, 0.29) is 37.9 Å². The molecule has 0 radical (unpaired) electrons. The number of thiocarbonyl (C=S) groups is 1. The van der Waals surface area contributed by atoms with Crippen molar-refractivity contribution in [2.45, 2.75) is 31.5 Å². The Morgan fingerprint density at radius 2 is 2.00 bits per heavy atom. The number of ether oxygens (including phenoxy) is 1. The van der Waals surface area contributed by atoms with Crippen LogP contribution in [0.25, 0.3) is 0 Å². The zero-order valence-corrected chi connectivity index (χ0v) is 17.0. The van der Waals surface area contributed by atoms with Crippen LogP contribution in [0.1, 0.15) is 18.4 Å². The van der Waals surface area contributed by atoms with Crippen LogP contribution in [0.4, 0.5) is 9.59 Å². The molecule has 3 amide bonds. The molecule has 11 heteroatoms. The monoisotopic (exact) mass is 441 g/mol. The highest BCUT2D eigenvalue weighted by Crippen LogP contribution is 2.25. The number of carbonyl (C=O) groups excluding carboxylic acids is 2. The van der Waals surface area contributed by atoms with Gasteiger partial charge in [0.15, 0.2) is 0 Å². The Morgan fingerprint density at radius 3 is 2.59 bits per heavy atom. The summed E-state index contributed by atoms with van der Waals surface area (Å²) < 4.78 is 5.12. The van der Waals surface area contributed by atoms with E-state index in [1.165, 1.54) is 4.90 Å². The molecule has 2 aliphatic heterocycles. The quantitative estimate of drug-likeness (QED) is 0.324. The molecule has 3 rings (SSSR count). The van der Waals surface area contributed by atoms with Gasteiger partial charge in [-0.15, -0.1) is 0 Å². The van der Waals surface area contributed by atoms with Gasteiger partial charge in [0.05, 0.1) is 12.6 Å². The molecule has 9 nitrogen and oxygen atoms in total. The van der Waals surface area contributed by atoms with Crippen LogP contribution in [0.15, 0.2) is 30.3 Å². The van der Waals surface area contributed by atoms with Crippen LogP contribution in [0.5, 0.6) is 0 Å². The number of carboxylic acid groups (broad SMARTS) is 1. The fourth-order valence-electron chi connectivity index (χ4n) is 3.40. The summed E-state index contributed by atoms with van der Waals surface area (Å²) in [5, 5.41) is 9.80. The number of benzene rings is 1. The third-order valence-electron chi connectivity index (χ3n) is 4.83. The second kappa shape index (κ2) is 9.38. The molecule has 1 N–H and O–H groups in total. The van der Waals surface area contributed by atoms with Crippen molar-refractivity contribution in [1.29, 1.82) is 0 Å². The lowest BCUT2D eigenvalue weighted by Crippen LogP contribution is -2.59. The molecule has 2 fully saturated rings. The van der Waals surface area contributed by atoms with Gasteiger partial charge in [-0.2, -0.15) is 0 Å². The lowest BCUT2D eigenvalue weighted by atomic mass is 9.97. The second-order valence-electron chi connectivity index (χ2n) is 6.62. The molecule has 0 spiro atoms. The Balaban J connectivity index is 1.69. The molecule has 0 aromatic heterocycles. The average molecular weight is 442 g/mol. The topological polar surface area (TPSA) is 99.6 Å². The highest BCUT2D eigenvalue weighted by molar-refractivity contribution is 7.80. The Hall–Kier alpha value is -2.43. The number of likely N-dealkylation sites (tertiary alicyclic amines) is 1. The fourth-order valence-corrected chi connectivity index (χ4v) is 3.85. The standard InChI is InChI=1S/C18H20ClN3O6S/c19-16(24)22(28-11-12-4-2-1-3-5-12)13-6-7-14(21(10-13)17(25)26)15(23)20-8-9-27-18(20)29/h1-5,13-14H,6-11H2,(H,25,26)/t13-,14+/m1/s1. The Kier molecular flexibility index (Phi) is 6.88. The smallest absolute Gasteiger partial charge is 0.408 e. The Bertz CT molecular complexity index is 795. The summed E-state index contributed by atoms with van der Waals surface area (Å²) in [5.41, 5.74) is 0.830. The van der Waals surface area contributed by atoms with Crippen LogP contribution in [0.3, 0.4) is 0 Å². The zero-order chi connectivity index (χ0) is 21.0. The summed E-state index contributed by atoms with van der Waals surface area (Å²) in [6.45, 7) is 0.567. The lowest BCUT2D eigenvalue weighted by Gasteiger charge is -2.40. The predicted molar refractivity (Wildman–Crippen MR) is 106 cm³/mol. The van der Waals surface area contributed by atoms with Crippen molar-refractivity contribution in [3.63, 3.8) is 0 Å². The Morgan fingerprint density at radius 1 is 1.28 bits per heavy atom. The van der Waals surface area contributed by atoms with Crippen LogP contribution < -0.4 is 0 Å². The first kappa shape index (κ1) is 21.3. The van der Waals surface area contributed by atoms with Crippen molar-refractivity contribution in [2.75, 3.05) is 19.7 Å². The summed E-state index contributed by atoms with van der Waals surface area (Å²) in [6.07, 6.45) is -0.733. The number of nitrogens with zero attached hydrogens (tertiary/aromatic N) is 3. The number of carbonyl (C=O) groups is 3. The molecule has 156 valence electrons. The highest BCUT2D eigenvalue weighted by Gasteiger charge is 2.42. The van der Waals surface area contributed by atoms with Crippen LogP contribution in [-0.2, 0) is 21.0 Å².